The third kappa shape index (κ3) is 5.22. The summed E-state index contributed by atoms with van der Waals surface area (Å²) in [4.78, 5) is 24.5. The van der Waals surface area contributed by atoms with Crippen LogP contribution >= 0.6 is 0 Å². The van der Waals surface area contributed by atoms with Gasteiger partial charge in [-0.3, -0.25) is 9.59 Å². The van der Waals surface area contributed by atoms with Gasteiger partial charge < -0.3 is 10.6 Å². The fourth-order valence-corrected chi connectivity index (χ4v) is 3.56. The van der Waals surface area contributed by atoms with Gasteiger partial charge in [-0.2, -0.15) is 4.72 Å². The Morgan fingerprint density at radius 1 is 1.10 bits per heavy atom. The first-order chi connectivity index (χ1) is 13.8. The molecule has 0 spiro atoms. The third-order valence-electron chi connectivity index (χ3n) is 4.49. The number of benzene rings is 2. The Kier molecular flexibility index (Phi) is 6.01. The van der Waals surface area contributed by atoms with E-state index in [4.69, 9.17) is 6.42 Å². The van der Waals surface area contributed by atoms with Crippen LogP contribution in [0.2, 0.25) is 0 Å². The van der Waals surface area contributed by atoms with E-state index in [1.54, 1.807) is 12.1 Å². The lowest BCUT2D eigenvalue weighted by atomic mass is 10.1. The number of sulfonamides is 1. The van der Waals surface area contributed by atoms with Crippen molar-refractivity contribution in [2.24, 2.45) is 5.92 Å². The first-order valence-electron chi connectivity index (χ1n) is 9.06. The molecule has 0 atom stereocenters. The summed E-state index contributed by atoms with van der Waals surface area (Å²) in [6, 6.07) is 10.8. The topological polar surface area (TPSA) is 104 Å². The lowest BCUT2D eigenvalue weighted by molar-refractivity contribution is -0.117. The van der Waals surface area contributed by atoms with E-state index in [1.165, 1.54) is 24.3 Å². The van der Waals surface area contributed by atoms with Crippen molar-refractivity contribution in [1.82, 2.24) is 4.72 Å². The second-order valence-electron chi connectivity index (χ2n) is 6.80. The summed E-state index contributed by atoms with van der Waals surface area (Å²) in [5.41, 5.74) is 2.31. The standard InChI is InChI=1S/C21H21N3O4S/c1-3-12-22-29(27,28)18-10-7-16(8-11-18)21(26)24-19-13-17(9-4-14(19)2)23-20(25)15-5-6-15/h1,4,7-11,13,15,22H,5-6,12H2,2H3,(H,23,25)(H,24,26). The number of hydrogen-bond donors (Lipinski definition) is 3. The predicted molar refractivity (Wildman–Crippen MR) is 111 cm³/mol. The first kappa shape index (κ1) is 20.6. The molecule has 7 nitrogen and oxygen atoms in total. The highest BCUT2D eigenvalue weighted by Gasteiger charge is 2.29. The number of aryl methyl sites for hydroxylation is 1. The van der Waals surface area contributed by atoms with E-state index >= 15 is 0 Å². The number of carbonyl (C=O) groups excluding carboxylic acids is 2. The minimum absolute atomic E-state index is 0.0126. The summed E-state index contributed by atoms with van der Waals surface area (Å²) >= 11 is 0. The Balaban J connectivity index is 1.71. The second-order valence-corrected chi connectivity index (χ2v) is 8.57. The predicted octanol–water partition coefficient (Wildman–Crippen LogP) is 2.51. The molecule has 1 saturated carbocycles. The molecule has 0 aromatic heterocycles. The number of terminal acetylenes is 1. The number of rotatable bonds is 7. The number of hydrogen-bond acceptors (Lipinski definition) is 4. The Labute approximate surface area is 169 Å². The molecule has 150 valence electrons. The largest absolute Gasteiger partial charge is 0.326 e. The average Bonchev–Trinajstić information content (AvgIpc) is 3.54. The molecule has 2 aromatic carbocycles. The number of amides is 2. The van der Waals surface area contributed by atoms with E-state index in [-0.39, 0.29) is 29.2 Å². The molecular weight excluding hydrogens is 390 g/mol. The van der Waals surface area contributed by atoms with E-state index < -0.39 is 10.0 Å². The zero-order chi connectivity index (χ0) is 21.0. The van der Waals surface area contributed by atoms with Crippen LogP contribution in [-0.4, -0.2) is 26.8 Å². The van der Waals surface area contributed by atoms with Gasteiger partial charge >= 0.3 is 0 Å². The zero-order valence-electron chi connectivity index (χ0n) is 15.9. The van der Waals surface area contributed by atoms with Gasteiger partial charge in [0.15, 0.2) is 0 Å². The van der Waals surface area contributed by atoms with Crippen LogP contribution in [0.4, 0.5) is 11.4 Å². The monoisotopic (exact) mass is 411 g/mol. The van der Waals surface area contributed by atoms with E-state index in [0.29, 0.717) is 16.9 Å². The first-order valence-corrected chi connectivity index (χ1v) is 10.5. The van der Waals surface area contributed by atoms with Gasteiger partial charge in [0.2, 0.25) is 15.9 Å². The van der Waals surface area contributed by atoms with Crippen LogP contribution in [0.3, 0.4) is 0 Å². The zero-order valence-corrected chi connectivity index (χ0v) is 16.7. The molecule has 0 heterocycles. The highest BCUT2D eigenvalue weighted by Crippen LogP contribution is 2.31. The van der Waals surface area contributed by atoms with Gasteiger partial charge in [0.1, 0.15) is 0 Å². The summed E-state index contributed by atoms with van der Waals surface area (Å²) in [5, 5.41) is 5.64. The molecule has 3 N–H and O–H groups in total. The minimum atomic E-state index is -3.71. The van der Waals surface area contributed by atoms with Crippen LogP contribution in [0.15, 0.2) is 47.4 Å². The Hall–Kier alpha value is -3.15. The van der Waals surface area contributed by atoms with Crippen molar-refractivity contribution in [3.05, 3.63) is 53.6 Å². The average molecular weight is 411 g/mol. The molecule has 0 radical (unpaired) electrons. The SMILES string of the molecule is C#CCNS(=O)(=O)c1ccc(C(=O)Nc2cc(NC(=O)C3CC3)ccc2C)cc1. The van der Waals surface area contributed by atoms with Crippen molar-refractivity contribution in [2.45, 2.75) is 24.7 Å². The maximum atomic E-state index is 12.6. The fourth-order valence-electron chi connectivity index (χ4n) is 2.62. The quantitative estimate of drug-likeness (QED) is 0.609. The normalized spacial score (nSPS) is 13.4. The number of nitrogens with one attached hydrogen (secondary N) is 3. The van der Waals surface area contributed by atoms with E-state index in [0.717, 1.165) is 18.4 Å². The summed E-state index contributed by atoms with van der Waals surface area (Å²) in [5.74, 6) is 1.88. The van der Waals surface area contributed by atoms with Crippen LogP contribution in [0.1, 0.15) is 28.8 Å². The Morgan fingerprint density at radius 3 is 2.41 bits per heavy atom. The molecule has 0 bridgehead atoms. The van der Waals surface area contributed by atoms with Gasteiger partial charge in [-0.05, 0) is 61.7 Å². The van der Waals surface area contributed by atoms with Crippen LogP contribution in [0, 0.1) is 25.2 Å². The van der Waals surface area contributed by atoms with Gasteiger partial charge in [-0.1, -0.05) is 12.0 Å². The molecule has 3 rings (SSSR count). The summed E-state index contributed by atoms with van der Waals surface area (Å²) in [7, 11) is -3.71. The smallest absolute Gasteiger partial charge is 0.255 e. The van der Waals surface area contributed by atoms with Gasteiger partial charge in [0, 0.05) is 22.9 Å². The van der Waals surface area contributed by atoms with Crippen LogP contribution < -0.4 is 15.4 Å². The highest BCUT2D eigenvalue weighted by molar-refractivity contribution is 7.89. The minimum Gasteiger partial charge on any atom is -0.326 e. The molecule has 1 aliphatic carbocycles. The second kappa shape index (κ2) is 8.47. The summed E-state index contributed by atoms with van der Waals surface area (Å²) in [6.07, 6.45) is 6.88. The Bertz CT molecular complexity index is 1080. The van der Waals surface area contributed by atoms with Crippen LogP contribution in [0.25, 0.3) is 0 Å². The maximum Gasteiger partial charge on any atom is 0.255 e. The van der Waals surface area contributed by atoms with Crippen molar-refractivity contribution in [3.8, 4) is 12.3 Å². The molecule has 2 aromatic rings. The maximum absolute atomic E-state index is 12.6. The molecule has 8 heteroatoms. The van der Waals surface area contributed by atoms with Crippen molar-refractivity contribution >= 4 is 33.2 Å². The fraction of sp³-hybridized carbons (Fsp3) is 0.238. The lowest BCUT2D eigenvalue weighted by Crippen LogP contribution is -2.24. The van der Waals surface area contributed by atoms with Gasteiger partial charge in [0.05, 0.1) is 11.4 Å². The van der Waals surface area contributed by atoms with E-state index in [9.17, 15) is 18.0 Å². The Morgan fingerprint density at radius 2 is 1.79 bits per heavy atom. The molecule has 0 aliphatic heterocycles. The molecule has 2 amide bonds. The van der Waals surface area contributed by atoms with Gasteiger partial charge in [-0.15, -0.1) is 6.42 Å². The molecule has 1 fully saturated rings. The van der Waals surface area contributed by atoms with Gasteiger partial charge in [-0.25, -0.2) is 8.42 Å². The van der Waals surface area contributed by atoms with Crippen molar-refractivity contribution in [1.29, 1.82) is 0 Å². The molecule has 0 unspecified atom stereocenters. The van der Waals surface area contributed by atoms with Crippen molar-refractivity contribution in [3.63, 3.8) is 0 Å². The van der Waals surface area contributed by atoms with Crippen molar-refractivity contribution < 1.29 is 18.0 Å². The summed E-state index contributed by atoms with van der Waals surface area (Å²) in [6.45, 7) is 1.73. The van der Waals surface area contributed by atoms with Crippen LogP contribution in [0.5, 0.6) is 0 Å². The van der Waals surface area contributed by atoms with Gasteiger partial charge in [0.25, 0.3) is 5.91 Å². The number of anilines is 2. The van der Waals surface area contributed by atoms with Crippen molar-refractivity contribution in [2.75, 3.05) is 17.2 Å². The summed E-state index contributed by atoms with van der Waals surface area (Å²) < 4.78 is 26.3. The van der Waals surface area contributed by atoms with Crippen LogP contribution in [-0.2, 0) is 14.8 Å². The molecule has 29 heavy (non-hydrogen) atoms. The molecular formula is C21H21N3O4S. The highest BCUT2D eigenvalue weighted by atomic mass is 32.2. The lowest BCUT2D eigenvalue weighted by Gasteiger charge is -2.12. The molecule has 1 aliphatic rings. The third-order valence-corrected chi connectivity index (χ3v) is 5.91. The van der Waals surface area contributed by atoms with E-state index in [1.807, 2.05) is 13.0 Å². The van der Waals surface area contributed by atoms with E-state index in [2.05, 4.69) is 21.3 Å². The molecule has 0 saturated heterocycles. The number of carbonyl (C=O) groups is 2.